The van der Waals surface area contributed by atoms with Crippen LogP contribution in [-0.4, -0.2) is 97.6 Å². The highest BCUT2D eigenvalue weighted by molar-refractivity contribution is 6.74. The van der Waals surface area contributed by atoms with Crippen LogP contribution in [0.25, 0.3) is 56.3 Å². The lowest BCUT2D eigenvalue weighted by atomic mass is 9.79. The minimum Gasteiger partial charge on any atom is -0.492 e. The van der Waals surface area contributed by atoms with Crippen molar-refractivity contribution in [2.45, 2.75) is 144 Å². The summed E-state index contributed by atoms with van der Waals surface area (Å²) in [6, 6.07) is 27.7. The number of nitrogens with zero attached hydrogens (tertiary/aromatic N) is 10. The second-order valence-electron chi connectivity index (χ2n) is 23.6. The highest BCUT2D eigenvalue weighted by Gasteiger charge is 2.52. The molecule has 0 radical (unpaired) electrons. The van der Waals surface area contributed by atoms with E-state index in [9.17, 15) is 0 Å². The second-order valence-corrected chi connectivity index (χ2v) is 33.5. The first-order valence-electron chi connectivity index (χ1n) is 27.0. The average molecular weight is 1140 g/mol. The standard InChI is InChI=1S/C27H33N5O2Si.C25H36BN3O3Si.C8H9ClN2O/c1-8-33-19(2)23-14-15-28-26(31-23)20-12-13-21-17-29-32(24(21)16-20)25-11-9-10-22(30-25)18-34-35(6,7)27(3,4)5;1-23(2,3)33(8,9)30-17-20-11-10-12-22(28-20)29-21-15-19(14-13-18(21)16-27-29)26-31-24(4,5)25(6,7)32-26;1-3-12-6(2)7-4-5-10-8(9)11-7/h9-17H,2,8,18H2,1,3-7H3;10-16H,17H2,1-9H3;4-5H,2-3H2,1H3. The fourth-order valence-corrected chi connectivity index (χ4v) is 9.63. The molecule has 0 bridgehead atoms. The summed E-state index contributed by atoms with van der Waals surface area (Å²) in [5.74, 6) is 3.16. The quantitative estimate of drug-likeness (QED) is 0.0509. The molecule has 2 aromatic carbocycles. The van der Waals surface area contributed by atoms with Gasteiger partial charge in [0.25, 0.3) is 0 Å². The molecule has 20 heteroatoms. The van der Waals surface area contributed by atoms with Crippen molar-refractivity contribution in [3.05, 3.63) is 151 Å². The van der Waals surface area contributed by atoms with Crippen LogP contribution in [0.4, 0.5) is 0 Å². The molecule has 80 heavy (non-hydrogen) atoms. The molecular weight excluding hydrogens is 1060 g/mol. The van der Waals surface area contributed by atoms with Crippen molar-refractivity contribution in [2.75, 3.05) is 13.2 Å². The Kier molecular flexibility index (Phi) is 18.9. The molecule has 0 saturated carbocycles. The van der Waals surface area contributed by atoms with Gasteiger partial charge in [0.15, 0.2) is 34.1 Å². The second kappa shape index (κ2) is 24.7. The molecule has 422 valence electrons. The lowest BCUT2D eigenvalue weighted by Crippen LogP contribution is -2.41. The van der Waals surface area contributed by atoms with E-state index in [0.29, 0.717) is 55.2 Å². The van der Waals surface area contributed by atoms with Gasteiger partial charge in [0.05, 0.1) is 72.4 Å². The van der Waals surface area contributed by atoms with E-state index in [2.05, 4.69) is 151 Å². The lowest BCUT2D eigenvalue weighted by Gasteiger charge is -2.36. The number of fused-ring (bicyclic) bond motifs is 2. The molecule has 9 rings (SSSR count). The SMILES string of the molecule is C=C(OCC)c1ccnc(-c2ccc3cnn(-c4cccc(CO[Si](C)(C)C(C)(C)C)n4)c3c2)n1.C=C(OCC)c1ccnc(Cl)n1.CC1(C)OB(c2ccc3cnn(-c4cccc(CO[Si](C)(C)C(C)(C)C)n4)c3c2)OC1(C)C. The normalized spacial score (nSPS) is 14.3. The van der Waals surface area contributed by atoms with Crippen LogP contribution in [0.1, 0.15) is 106 Å². The molecule has 0 N–H and O–H groups in total. The third kappa shape index (κ3) is 14.5. The van der Waals surface area contributed by atoms with E-state index in [4.69, 9.17) is 49.2 Å². The number of aromatic nitrogens is 10. The smallest absolute Gasteiger partial charge is 0.492 e. The highest BCUT2D eigenvalue weighted by atomic mass is 35.5. The van der Waals surface area contributed by atoms with Crippen LogP contribution >= 0.6 is 11.6 Å². The number of halogens is 1. The molecule has 0 atom stereocenters. The van der Waals surface area contributed by atoms with Crippen molar-refractivity contribution in [3.8, 4) is 23.0 Å². The number of ether oxygens (including phenoxy) is 2. The van der Waals surface area contributed by atoms with Crippen LogP contribution in [0.3, 0.4) is 0 Å². The average Bonchev–Trinajstić information content (AvgIpc) is 4.10. The molecule has 1 fully saturated rings. The maximum atomic E-state index is 6.38. The first kappa shape index (κ1) is 61.2. The molecule has 1 saturated heterocycles. The Morgan fingerprint density at radius 1 is 0.613 bits per heavy atom. The Morgan fingerprint density at radius 2 is 1.07 bits per heavy atom. The van der Waals surface area contributed by atoms with Gasteiger partial charge in [-0.05, 0) is 143 Å². The van der Waals surface area contributed by atoms with Crippen molar-refractivity contribution in [1.82, 2.24) is 49.5 Å². The van der Waals surface area contributed by atoms with Gasteiger partial charge in [0.2, 0.25) is 5.28 Å². The van der Waals surface area contributed by atoms with Crippen LogP contribution in [0, 0.1) is 0 Å². The van der Waals surface area contributed by atoms with Crippen molar-refractivity contribution in [1.29, 1.82) is 0 Å². The van der Waals surface area contributed by atoms with Gasteiger partial charge in [0, 0.05) is 28.7 Å². The third-order valence-corrected chi connectivity index (χ3v) is 24.4. The fraction of sp³-hybridized carbons (Fsp3) is 0.400. The number of pyridine rings is 2. The summed E-state index contributed by atoms with van der Waals surface area (Å²) in [5.41, 5.74) is 6.06. The minimum absolute atomic E-state index is 0.146. The molecule has 0 unspecified atom stereocenters. The summed E-state index contributed by atoms with van der Waals surface area (Å²) in [6.45, 7) is 44.3. The molecule has 1 aliphatic heterocycles. The number of benzene rings is 2. The van der Waals surface area contributed by atoms with Crippen molar-refractivity contribution in [2.24, 2.45) is 0 Å². The van der Waals surface area contributed by atoms with Gasteiger partial charge in [-0.25, -0.2) is 39.3 Å². The monoisotopic (exact) mass is 1140 g/mol. The maximum Gasteiger partial charge on any atom is 0.494 e. The van der Waals surface area contributed by atoms with Crippen LogP contribution in [0.5, 0.6) is 0 Å². The number of rotatable bonds is 16. The zero-order valence-corrected chi connectivity index (χ0v) is 52.3. The maximum absolute atomic E-state index is 6.38. The Morgan fingerprint density at radius 3 is 1.55 bits per heavy atom. The number of hydrogen-bond acceptors (Lipinski definition) is 14. The van der Waals surface area contributed by atoms with Gasteiger partial charge in [0.1, 0.15) is 22.9 Å². The van der Waals surface area contributed by atoms with E-state index in [1.54, 1.807) is 24.5 Å². The number of hydrogen-bond donors (Lipinski definition) is 0. The Labute approximate surface area is 479 Å². The fourth-order valence-electron chi connectivity index (χ4n) is 7.60. The zero-order valence-electron chi connectivity index (χ0n) is 49.5. The van der Waals surface area contributed by atoms with E-state index >= 15 is 0 Å². The van der Waals surface area contributed by atoms with Crippen LogP contribution in [-0.2, 0) is 40.8 Å². The third-order valence-electron chi connectivity index (χ3n) is 15.2. The summed E-state index contributed by atoms with van der Waals surface area (Å²) < 4.78 is 39.6. The Balaban J connectivity index is 0.000000192. The minimum atomic E-state index is -1.87. The van der Waals surface area contributed by atoms with Crippen LogP contribution in [0.2, 0.25) is 41.5 Å². The molecule has 0 amide bonds. The predicted octanol–water partition coefficient (Wildman–Crippen LogP) is 13.8. The van der Waals surface area contributed by atoms with Crippen molar-refractivity contribution in [3.63, 3.8) is 0 Å². The summed E-state index contributed by atoms with van der Waals surface area (Å²) in [4.78, 5) is 26.5. The zero-order chi connectivity index (χ0) is 58.4. The van der Waals surface area contributed by atoms with Gasteiger partial charge in [-0.3, -0.25) is 0 Å². The summed E-state index contributed by atoms with van der Waals surface area (Å²) >= 11 is 5.57. The molecule has 8 aromatic rings. The van der Waals surface area contributed by atoms with Crippen LogP contribution < -0.4 is 5.46 Å². The van der Waals surface area contributed by atoms with E-state index < -0.39 is 23.8 Å². The molecule has 7 heterocycles. The molecule has 6 aromatic heterocycles. The summed E-state index contributed by atoms with van der Waals surface area (Å²) in [7, 11) is -4.14. The van der Waals surface area contributed by atoms with Crippen molar-refractivity contribution < 1.29 is 27.6 Å². The molecule has 1 aliphatic rings. The van der Waals surface area contributed by atoms with E-state index in [-0.39, 0.29) is 26.6 Å². The Bertz CT molecular complexity index is 3450. The van der Waals surface area contributed by atoms with E-state index in [1.807, 2.05) is 96.3 Å². The van der Waals surface area contributed by atoms with Gasteiger partial charge < -0.3 is 27.6 Å². The predicted molar refractivity (Wildman–Crippen MR) is 327 cm³/mol. The van der Waals surface area contributed by atoms with Crippen LogP contribution in [0.15, 0.2) is 123 Å². The largest absolute Gasteiger partial charge is 0.494 e. The van der Waals surface area contributed by atoms with Gasteiger partial charge in [-0.1, -0.05) is 91.1 Å². The topological polar surface area (TPSA) is 168 Å². The first-order valence-corrected chi connectivity index (χ1v) is 33.2. The Hall–Kier alpha value is -6.45. The lowest BCUT2D eigenvalue weighted by molar-refractivity contribution is 0.00578. The van der Waals surface area contributed by atoms with Gasteiger partial charge in [-0.2, -0.15) is 10.2 Å². The molecule has 16 nitrogen and oxygen atoms in total. The summed E-state index contributed by atoms with van der Waals surface area (Å²) in [5, 5.41) is 11.8. The highest BCUT2D eigenvalue weighted by Crippen LogP contribution is 2.39. The molecular formula is C60H78BClN10O6Si2. The van der Waals surface area contributed by atoms with Gasteiger partial charge in [-0.15, -0.1) is 0 Å². The van der Waals surface area contributed by atoms with E-state index in [0.717, 1.165) is 55.9 Å². The summed E-state index contributed by atoms with van der Waals surface area (Å²) in [6.07, 6.45) is 6.99. The first-order chi connectivity index (χ1) is 37.5. The van der Waals surface area contributed by atoms with Gasteiger partial charge >= 0.3 is 7.12 Å². The van der Waals surface area contributed by atoms with E-state index in [1.165, 1.54) is 0 Å². The van der Waals surface area contributed by atoms with Crippen molar-refractivity contribution >= 4 is 74.1 Å². The molecule has 0 spiro atoms. The molecule has 0 aliphatic carbocycles.